The van der Waals surface area contributed by atoms with Gasteiger partial charge in [0, 0.05) is 31.0 Å². The quantitative estimate of drug-likeness (QED) is 0.719. The van der Waals surface area contributed by atoms with Crippen LogP contribution < -0.4 is 0 Å². The zero-order valence-electron chi connectivity index (χ0n) is 8.49. The minimum absolute atomic E-state index is 0.296. The molecule has 86 valence electrons. The summed E-state index contributed by atoms with van der Waals surface area (Å²) in [6.45, 7) is 0. The number of rotatable bonds is 2. The van der Waals surface area contributed by atoms with E-state index in [0.717, 1.165) is 0 Å². The number of hydrogen-bond acceptors (Lipinski definition) is 5. The minimum Gasteiger partial charge on any atom is -0.299 e. The van der Waals surface area contributed by atoms with Gasteiger partial charge in [-0.3, -0.25) is 9.25 Å². The van der Waals surface area contributed by atoms with E-state index in [2.05, 4.69) is 15.3 Å². The molecule has 0 bridgehead atoms. The van der Waals surface area contributed by atoms with E-state index >= 15 is 0 Å². The summed E-state index contributed by atoms with van der Waals surface area (Å²) >= 11 is 0. The molecule has 0 unspecified atom stereocenters. The maximum atomic E-state index is 11.1. The van der Waals surface area contributed by atoms with E-state index in [4.69, 9.17) is 10.7 Å². The summed E-state index contributed by atoms with van der Waals surface area (Å²) in [5, 5.41) is 11.1. The van der Waals surface area contributed by atoms with E-state index in [0.29, 0.717) is 11.5 Å². The first-order valence-corrected chi connectivity index (χ1v) is 6.54. The van der Waals surface area contributed by atoms with Crippen LogP contribution in [0.25, 0.3) is 11.5 Å². The molecule has 0 radical (unpaired) electrons. The van der Waals surface area contributed by atoms with Crippen LogP contribution in [0.2, 0.25) is 0 Å². The van der Waals surface area contributed by atoms with E-state index in [1.54, 1.807) is 24.0 Å². The van der Waals surface area contributed by atoms with E-state index in [9.17, 15) is 8.42 Å². The Labute approximate surface area is 96.1 Å². The first kappa shape index (κ1) is 11.1. The molecule has 0 aromatic carbocycles. The van der Waals surface area contributed by atoms with Gasteiger partial charge in [-0.15, -0.1) is 10.2 Å². The van der Waals surface area contributed by atoms with Crippen molar-refractivity contribution in [2.75, 3.05) is 0 Å². The Bertz CT molecular complexity index is 629. The smallest absolute Gasteiger partial charge is 0.296 e. The molecule has 0 saturated heterocycles. The molecule has 0 spiro atoms. The molecule has 9 heteroatoms. The lowest BCUT2D eigenvalue weighted by atomic mass is 10.4. The summed E-state index contributed by atoms with van der Waals surface area (Å²) in [4.78, 5) is 0. The van der Waals surface area contributed by atoms with Crippen LogP contribution in [0.5, 0.6) is 0 Å². The Hall–Kier alpha value is -1.41. The molecule has 2 rings (SSSR count). The molecule has 2 heterocycles. The maximum Gasteiger partial charge on any atom is 0.296 e. The van der Waals surface area contributed by atoms with Crippen LogP contribution in [0.3, 0.4) is 0 Å². The molecule has 0 saturated carbocycles. The van der Waals surface area contributed by atoms with Gasteiger partial charge < -0.3 is 0 Å². The molecule has 16 heavy (non-hydrogen) atoms. The van der Waals surface area contributed by atoms with Crippen LogP contribution in [-0.2, 0) is 23.1 Å². The Balaban J connectivity index is 2.58. The van der Waals surface area contributed by atoms with Crippen molar-refractivity contribution in [3.05, 3.63) is 12.3 Å². The molecule has 2 aromatic rings. The Morgan fingerprint density at radius 1 is 1.31 bits per heavy atom. The van der Waals surface area contributed by atoms with E-state index in [-0.39, 0.29) is 5.16 Å². The molecular weight excluding hydrogens is 254 g/mol. The normalized spacial score (nSPS) is 11.9. The first-order valence-electron chi connectivity index (χ1n) is 4.23. The molecule has 7 nitrogen and oxygen atoms in total. The van der Waals surface area contributed by atoms with Crippen molar-refractivity contribution in [1.82, 2.24) is 24.5 Å². The fourth-order valence-corrected chi connectivity index (χ4v) is 2.24. The van der Waals surface area contributed by atoms with Crippen LogP contribution >= 0.6 is 10.7 Å². The number of aromatic nitrogens is 5. The Morgan fingerprint density at radius 3 is 2.44 bits per heavy atom. The molecule has 0 aliphatic carbocycles. The fourth-order valence-electron chi connectivity index (χ4n) is 1.28. The summed E-state index contributed by atoms with van der Waals surface area (Å²) in [7, 11) is 4.57. The minimum atomic E-state index is -3.89. The molecule has 0 fully saturated rings. The highest BCUT2D eigenvalue weighted by atomic mass is 35.7. The second-order valence-electron chi connectivity index (χ2n) is 3.18. The van der Waals surface area contributed by atoms with Gasteiger partial charge in [-0.2, -0.15) is 5.10 Å². The zero-order valence-corrected chi connectivity index (χ0v) is 10.1. The van der Waals surface area contributed by atoms with Crippen molar-refractivity contribution in [3.63, 3.8) is 0 Å². The Kier molecular flexibility index (Phi) is 2.47. The van der Waals surface area contributed by atoms with Gasteiger partial charge in [0.2, 0.25) is 0 Å². The van der Waals surface area contributed by atoms with Gasteiger partial charge in [0.15, 0.2) is 5.82 Å². The molecule has 0 atom stereocenters. The second-order valence-corrected chi connectivity index (χ2v) is 5.64. The third-order valence-corrected chi connectivity index (χ3v) is 3.20. The molecular formula is C7H8ClN5O2S. The van der Waals surface area contributed by atoms with Crippen molar-refractivity contribution in [3.8, 4) is 11.5 Å². The largest absolute Gasteiger partial charge is 0.299 e. The van der Waals surface area contributed by atoms with Crippen LogP contribution in [0.1, 0.15) is 0 Å². The lowest BCUT2D eigenvalue weighted by Crippen LogP contribution is -2.03. The van der Waals surface area contributed by atoms with Crippen LogP contribution in [-0.4, -0.2) is 33.0 Å². The average molecular weight is 262 g/mol. The number of aryl methyl sites for hydroxylation is 1. The highest BCUT2D eigenvalue weighted by Crippen LogP contribution is 2.18. The summed E-state index contributed by atoms with van der Waals surface area (Å²) in [5.41, 5.74) is 0.532. The van der Waals surface area contributed by atoms with Crippen molar-refractivity contribution >= 4 is 19.7 Å². The van der Waals surface area contributed by atoms with Crippen molar-refractivity contribution in [2.24, 2.45) is 14.1 Å². The highest BCUT2D eigenvalue weighted by molar-refractivity contribution is 8.13. The van der Waals surface area contributed by atoms with Crippen LogP contribution in [0.15, 0.2) is 17.4 Å². The predicted octanol–water partition coefficient (Wildman–Crippen LogP) is 0.143. The van der Waals surface area contributed by atoms with Crippen LogP contribution in [0, 0.1) is 0 Å². The summed E-state index contributed by atoms with van der Waals surface area (Å²) < 4.78 is 25.1. The highest BCUT2D eigenvalue weighted by Gasteiger charge is 2.21. The number of halogens is 1. The van der Waals surface area contributed by atoms with Gasteiger partial charge in [0.1, 0.15) is 5.69 Å². The monoisotopic (exact) mass is 261 g/mol. The van der Waals surface area contributed by atoms with Crippen molar-refractivity contribution in [2.45, 2.75) is 5.16 Å². The average Bonchev–Trinajstić information content (AvgIpc) is 2.70. The zero-order chi connectivity index (χ0) is 11.9. The van der Waals surface area contributed by atoms with Gasteiger partial charge in [0.05, 0.1) is 0 Å². The second kappa shape index (κ2) is 3.56. The number of hydrogen-bond donors (Lipinski definition) is 0. The van der Waals surface area contributed by atoms with Crippen molar-refractivity contribution in [1.29, 1.82) is 0 Å². The third kappa shape index (κ3) is 1.81. The molecule has 0 aliphatic heterocycles. The van der Waals surface area contributed by atoms with Crippen LogP contribution in [0.4, 0.5) is 0 Å². The topological polar surface area (TPSA) is 82.7 Å². The van der Waals surface area contributed by atoms with Gasteiger partial charge in [-0.25, -0.2) is 8.42 Å². The maximum absolute atomic E-state index is 11.1. The summed E-state index contributed by atoms with van der Waals surface area (Å²) in [6.07, 6.45) is 1.72. The molecule has 0 amide bonds. The standard InChI is InChI=1S/C7H8ClN5O2S/c1-12-4-3-5(11-12)6-9-10-7(13(6)2)16(8,14)15/h3-4H,1-2H3. The fraction of sp³-hybridized carbons (Fsp3) is 0.286. The lowest BCUT2D eigenvalue weighted by Gasteiger charge is -1.98. The van der Waals surface area contributed by atoms with Gasteiger partial charge in [-0.1, -0.05) is 0 Å². The first-order chi connectivity index (χ1) is 7.39. The van der Waals surface area contributed by atoms with Gasteiger partial charge >= 0.3 is 0 Å². The van der Waals surface area contributed by atoms with E-state index < -0.39 is 9.05 Å². The third-order valence-electron chi connectivity index (χ3n) is 2.00. The SMILES string of the molecule is Cn1ccc(-c2nnc(S(=O)(=O)Cl)n2C)n1. The molecule has 2 aromatic heterocycles. The predicted molar refractivity (Wildman–Crippen MR) is 56.2 cm³/mol. The van der Waals surface area contributed by atoms with Gasteiger partial charge in [-0.05, 0) is 6.07 Å². The summed E-state index contributed by atoms with van der Waals surface area (Å²) in [6, 6.07) is 1.70. The van der Waals surface area contributed by atoms with E-state index in [1.807, 2.05) is 0 Å². The number of nitrogens with zero attached hydrogens (tertiary/aromatic N) is 5. The van der Waals surface area contributed by atoms with E-state index in [1.165, 1.54) is 11.6 Å². The summed E-state index contributed by atoms with van der Waals surface area (Å²) in [5.74, 6) is 0.347. The van der Waals surface area contributed by atoms with Gasteiger partial charge in [0.25, 0.3) is 14.2 Å². The molecule has 0 N–H and O–H groups in total. The Morgan fingerprint density at radius 2 is 2.00 bits per heavy atom. The molecule has 0 aliphatic rings. The van der Waals surface area contributed by atoms with Crippen molar-refractivity contribution < 1.29 is 8.42 Å². The lowest BCUT2D eigenvalue weighted by molar-refractivity contribution is 0.593.